The first-order valence-electron chi connectivity index (χ1n) is 18.9. The summed E-state index contributed by atoms with van der Waals surface area (Å²) in [6, 6.07) is 65.4. The molecule has 0 bridgehead atoms. The maximum Gasteiger partial charge on any atom is 0.0613 e. The van der Waals surface area contributed by atoms with Crippen molar-refractivity contribution < 1.29 is 0 Å². The second-order valence-corrected chi connectivity index (χ2v) is 12.9. The van der Waals surface area contributed by atoms with Gasteiger partial charge in [-0.05, 0) is 101 Å². The molecular weight excluding hydrogens is 653 g/mol. The van der Waals surface area contributed by atoms with E-state index in [9.17, 15) is 0 Å². The van der Waals surface area contributed by atoms with Crippen molar-refractivity contribution in [3.8, 4) is 44.6 Å². The summed E-state index contributed by atoms with van der Waals surface area (Å²) >= 11 is 0. The van der Waals surface area contributed by atoms with Crippen LogP contribution in [0.2, 0.25) is 0 Å². The van der Waals surface area contributed by atoms with Crippen LogP contribution in [0.15, 0.2) is 206 Å². The van der Waals surface area contributed by atoms with Gasteiger partial charge in [0.15, 0.2) is 0 Å². The van der Waals surface area contributed by atoms with Crippen molar-refractivity contribution in [2.45, 2.75) is 27.7 Å². The van der Waals surface area contributed by atoms with Crippen LogP contribution in [-0.4, -0.2) is 4.40 Å². The van der Waals surface area contributed by atoms with Crippen LogP contribution in [0.5, 0.6) is 0 Å². The molecule has 2 heteroatoms. The average Bonchev–Trinajstić information content (AvgIpc) is 3.61. The van der Waals surface area contributed by atoms with E-state index in [1.807, 2.05) is 13.8 Å². The third kappa shape index (κ3) is 7.20. The van der Waals surface area contributed by atoms with Crippen LogP contribution in [0.4, 0.5) is 17.1 Å². The fraction of sp³-hybridized carbons (Fsp3) is 0.0769. The number of pyridine rings is 1. The molecule has 0 amide bonds. The summed E-state index contributed by atoms with van der Waals surface area (Å²) in [4.78, 5) is 2.31. The molecule has 2 nitrogen and oxygen atoms in total. The van der Waals surface area contributed by atoms with Crippen molar-refractivity contribution in [3.63, 3.8) is 0 Å². The fourth-order valence-electron chi connectivity index (χ4n) is 7.26. The first kappa shape index (κ1) is 35.7. The molecule has 8 rings (SSSR count). The molecule has 2 heterocycles. The van der Waals surface area contributed by atoms with E-state index < -0.39 is 0 Å². The molecule has 0 radical (unpaired) electrons. The molecule has 0 fully saturated rings. The van der Waals surface area contributed by atoms with E-state index in [2.05, 4.69) is 230 Å². The van der Waals surface area contributed by atoms with Gasteiger partial charge in [0.2, 0.25) is 0 Å². The summed E-state index contributed by atoms with van der Waals surface area (Å²) in [5.74, 6) is 0. The molecular formula is C52H46N2. The quantitative estimate of drug-likeness (QED) is 0.136. The molecule has 0 saturated heterocycles. The minimum Gasteiger partial charge on any atom is -0.315 e. The Bertz CT molecular complexity index is 2470. The van der Waals surface area contributed by atoms with Crippen LogP contribution in [0.3, 0.4) is 0 Å². The smallest absolute Gasteiger partial charge is 0.0613 e. The molecule has 264 valence electrons. The van der Waals surface area contributed by atoms with Gasteiger partial charge in [-0.3, -0.25) is 0 Å². The van der Waals surface area contributed by atoms with Gasteiger partial charge in [-0.1, -0.05) is 166 Å². The van der Waals surface area contributed by atoms with E-state index in [0.29, 0.717) is 0 Å². The van der Waals surface area contributed by atoms with Crippen molar-refractivity contribution in [2.75, 3.05) is 4.90 Å². The van der Waals surface area contributed by atoms with Gasteiger partial charge in [0.25, 0.3) is 0 Å². The van der Waals surface area contributed by atoms with Crippen molar-refractivity contribution in [1.29, 1.82) is 0 Å². The number of fused-ring (bicyclic) bond motifs is 1. The molecule has 0 spiro atoms. The lowest BCUT2D eigenvalue weighted by atomic mass is 9.93. The molecule has 6 aromatic carbocycles. The van der Waals surface area contributed by atoms with E-state index in [1.165, 1.54) is 61.3 Å². The lowest BCUT2D eigenvalue weighted by Gasteiger charge is -2.26. The largest absolute Gasteiger partial charge is 0.315 e. The Morgan fingerprint density at radius 3 is 1.46 bits per heavy atom. The number of benzene rings is 6. The van der Waals surface area contributed by atoms with Crippen molar-refractivity contribution in [1.82, 2.24) is 4.40 Å². The topological polar surface area (TPSA) is 7.65 Å². The SMILES string of the molecule is C/C=C\C(=C/C)c1ccc(N(c2ccccc2)c2ccc(-c3ccc(-c4c(-c5ccccc5)c(-c5ccccc5)c5ccccn45)cc3)cc2)cc1.CC. The molecule has 0 saturated carbocycles. The van der Waals surface area contributed by atoms with E-state index in [0.717, 1.165) is 17.1 Å². The number of allylic oxidation sites excluding steroid dienone is 4. The summed E-state index contributed by atoms with van der Waals surface area (Å²) in [5.41, 5.74) is 16.6. The maximum atomic E-state index is 2.35. The van der Waals surface area contributed by atoms with E-state index >= 15 is 0 Å². The highest BCUT2D eigenvalue weighted by Gasteiger charge is 2.22. The summed E-state index contributed by atoms with van der Waals surface area (Å²) < 4.78 is 2.35. The summed E-state index contributed by atoms with van der Waals surface area (Å²) in [6.45, 7) is 8.14. The van der Waals surface area contributed by atoms with Crippen LogP contribution in [-0.2, 0) is 0 Å². The first-order chi connectivity index (χ1) is 26.7. The zero-order chi connectivity index (χ0) is 37.3. The van der Waals surface area contributed by atoms with Gasteiger partial charge >= 0.3 is 0 Å². The highest BCUT2D eigenvalue weighted by Crippen LogP contribution is 2.45. The lowest BCUT2D eigenvalue weighted by Crippen LogP contribution is -2.09. The molecule has 2 aromatic heterocycles. The molecule has 0 atom stereocenters. The Morgan fingerprint density at radius 1 is 0.444 bits per heavy atom. The zero-order valence-corrected chi connectivity index (χ0v) is 31.5. The average molecular weight is 699 g/mol. The number of hydrogen-bond donors (Lipinski definition) is 0. The van der Waals surface area contributed by atoms with Gasteiger partial charge in [0, 0.05) is 34.4 Å². The van der Waals surface area contributed by atoms with Gasteiger partial charge in [-0.25, -0.2) is 0 Å². The standard InChI is InChI=1S/C50H40N2.C2H6/c1-3-16-37(4-2)38-28-32-45(33-29-38)52(44-21-12-7-13-22-44)46-34-30-40(31-35-46)39-24-26-43(27-25-39)50-49(42-19-10-6-11-20-42)48(41-17-8-5-9-18-41)47-23-14-15-36-51(47)50;1-2/h3-36H,1-2H3;1-2H3/b16-3-,37-4+;. The van der Waals surface area contributed by atoms with Gasteiger partial charge in [0.1, 0.15) is 0 Å². The molecule has 54 heavy (non-hydrogen) atoms. The predicted molar refractivity (Wildman–Crippen MR) is 234 cm³/mol. The Balaban J connectivity index is 0.00000221. The number of para-hydroxylation sites is 1. The second kappa shape index (κ2) is 16.8. The highest BCUT2D eigenvalue weighted by molar-refractivity contribution is 6.03. The highest BCUT2D eigenvalue weighted by atomic mass is 15.1. The normalized spacial score (nSPS) is 11.4. The van der Waals surface area contributed by atoms with Gasteiger partial charge < -0.3 is 9.30 Å². The van der Waals surface area contributed by atoms with E-state index in [-0.39, 0.29) is 0 Å². The van der Waals surface area contributed by atoms with Gasteiger partial charge in [-0.15, -0.1) is 0 Å². The monoisotopic (exact) mass is 698 g/mol. The van der Waals surface area contributed by atoms with Crippen molar-refractivity contribution in [3.05, 3.63) is 212 Å². The molecule has 0 aliphatic rings. The van der Waals surface area contributed by atoms with E-state index in [1.54, 1.807) is 0 Å². The Hall–Kier alpha value is -6.64. The molecule has 0 aliphatic carbocycles. The summed E-state index contributed by atoms with van der Waals surface area (Å²) in [7, 11) is 0. The third-order valence-electron chi connectivity index (χ3n) is 9.72. The molecule has 0 aliphatic heterocycles. The van der Waals surface area contributed by atoms with Gasteiger partial charge in [0.05, 0.1) is 11.2 Å². The van der Waals surface area contributed by atoms with Crippen molar-refractivity contribution in [2.24, 2.45) is 0 Å². The number of aromatic nitrogens is 1. The maximum absolute atomic E-state index is 2.35. The Kier molecular flexibility index (Phi) is 11.1. The third-order valence-corrected chi connectivity index (χ3v) is 9.72. The Labute approximate surface area is 320 Å². The molecule has 0 unspecified atom stereocenters. The van der Waals surface area contributed by atoms with E-state index in [4.69, 9.17) is 0 Å². The zero-order valence-electron chi connectivity index (χ0n) is 31.5. The van der Waals surface area contributed by atoms with Crippen LogP contribution in [0, 0.1) is 0 Å². The minimum absolute atomic E-state index is 1.11. The number of anilines is 3. The molecule has 0 N–H and O–H groups in total. The number of rotatable bonds is 9. The fourth-order valence-corrected chi connectivity index (χ4v) is 7.26. The minimum atomic E-state index is 1.11. The van der Waals surface area contributed by atoms with Crippen LogP contribution >= 0.6 is 0 Å². The summed E-state index contributed by atoms with van der Waals surface area (Å²) in [5, 5.41) is 0. The van der Waals surface area contributed by atoms with Crippen LogP contribution < -0.4 is 4.90 Å². The van der Waals surface area contributed by atoms with Gasteiger partial charge in [-0.2, -0.15) is 0 Å². The predicted octanol–water partition coefficient (Wildman–Crippen LogP) is 15.1. The number of hydrogen-bond acceptors (Lipinski definition) is 1. The second-order valence-electron chi connectivity index (χ2n) is 12.9. The molecule has 8 aromatic rings. The first-order valence-corrected chi connectivity index (χ1v) is 18.9. The summed E-state index contributed by atoms with van der Waals surface area (Å²) in [6.07, 6.45) is 8.57. The lowest BCUT2D eigenvalue weighted by molar-refractivity contribution is 1.20. The number of nitrogens with zero attached hydrogens (tertiary/aromatic N) is 2. The van der Waals surface area contributed by atoms with Crippen LogP contribution in [0.1, 0.15) is 33.3 Å². The van der Waals surface area contributed by atoms with Crippen molar-refractivity contribution >= 4 is 28.2 Å². The Morgan fingerprint density at radius 2 is 0.907 bits per heavy atom. The van der Waals surface area contributed by atoms with Crippen LogP contribution in [0.25, 0.3) is 55.7 Å².